The van der Waals surface area contributed by atoms with Crippen LogP contribution in [-0.2, 0) is 0 Å². The van der Waals surface area contributed by atoms with E-state index in [1.54, 1.807) is 0 Å². The van der Waals surface area contributed by atoms with Crippen LogP contribution in [0, 0.1) is 0 Å². The zero-order valence-corrected chi connectivity index (χ0v) is 3.29. The highest BCUT2D eigenvalue weighted by Gasteiger charge is 2.22. The summed E-state index contributed by atoms with van der Waals surface area (Å²) in [5, 5.41) is 0. The van der Waals surface area contributed by atoms with Crippen LogP contribution in [0.2, 0.25) is 0 Å². The van der Waals surface area contributed by atoms with Crippen LogP contribution in [0.15, 0.2) is 0 Å². The van der Waals surface area contributed by atoms with Crippen LogP contribution in [0.3, 0.4) is 0 Å². The van der Waals surface area contributed by atoms with Gasteiger partial charge in [-0.15, -0.1) is 0 Å². The Bertz CT molecular complexity index is 25.2. The van der Waals surface area contributed by atoms with Crippen molar-refractivity contribution in [3.63, 3.8) is 0 Å². The third kappa shape index (κ3) is 165. The third-order valence-corrected chi connectivity index (χ3v) is 0. The monoisotopic (exact) mass is 154 g/mol. The highest BCUT2D eigenvalue weighted by atomic mass is 28.4. The maximum absolute atomic E-state index is 7.33. The van der Waals surface area contributed by atoms with E-state index < -0.39 is 9.05 Å². The largest absolute Gasteiger partial charge is 0.668 e. The molecule has 0 heterocycles. The Kier molecular flexibility index (Phi) is 11.6. The van der Waals surface area contributed by atoms with Gasteiger partial charge >= 0.3 is 32.1 Å². The molecule has 0 aromatic carbocycles. The first-order chi connectivity index (χ1) is 2.00. The molecule has 0 rings (SSSR count). The minimum atomic E-state index is -4.61. The average Bonchev–Trinajstić information content (AvgIpc) is 0.722. The summed E-state index contributed by atoms with van der Waals surface area (Å²) in [6, 6.07) is 0. The van der Waals surface area contributed by atoms with Gasteiger partial charge in [-0.3, -0.25) is 0 Å². The minimum Gasteiger partial charge on any atom is -0.368 e. The molecule has 0 saturated heterocycles. The van der Waals surface area contributed by atoms with E-state index >= 15 is 0 Å². The van der Waals surface area contributed by atoms with Crippen LogP contribution in [0.5, 0.6) is 0 Å². The van der Waals surface area contributed by atoms with Gasteiger partial charge in [-0.25, -0.2) is 0 Å². The Balaban J connectivity index is -0.0000000800. The van der Waals surface area contributed by atoms with Crippen LogP contribution in [0.25, 0.3) is 0 Å². The smallest absolute Gasteiger partial charge is 0.368 e. The maximum Gasteiger partial charge on any atom is 0.668 e. The molecule has 0 aliphatic rings. The molecule has 0 aliphatic carbocycles. The van der Waals surface area contributed by atoms with Gasteiger partial charge in [0.1, 0.15) is 0 Å². The summed E-state index contributed by atoms with van der Waals surface area (Å²) in [7, 11) is -4.61. The first-order valence-electron chi connectivity index (χ1n) is 0.894. The van der Waals surface area contributed by atoms with Crippen LogP contribution >= 0.6 is 0 Å². The topological polar surface area (TPSA) is 80.9 Å². The fourth-order valence-electron chi connectivity index (χ4n) is 0. The van der Waals surface area contributed by atoms with Crippen molar-refractivity contribution in [1.29, 1.82) is 0 Å². The van der Waals surface area contributed by atoms with Crippen molar-refractivity contribution in [2.75, 3.05) is 0 Å². The Morgan fingerprint density at radius 3 is 0.857 bits per heavy atom. The summed E-state index contributed by atoms with van der Waals surface area (Å²) >= 11 is 0. The minimum absolute atomic E-state index is 0. The van der Waals surface area contributed by atoms with Gasteiger partial charge in [-0.05, 0) is 11.0 Å². The molecule has 4 N–H and O–H groups in total. The normalized spacial score (nSPS) is 8.57. The molecule has 0 radical (unpaired) electrons. The van der Waals surface area contributed by atoms with E-state index in [0.29, 0.717) is 0 Å². The van der Waals surface area contributed by atoms with Crippen LogP contribution < -0.4 is 0 Å². The molecule has 0 unspecified atom stereocenters. The lowest BCUT2D eigenvalue weighted by atomic mass is 15.7. The first-order valence-corrected chi connectivity index (χ1v) is 2.68. The van der Waals surface area contributed by atoms with Gasteiger partial charge in [0.25, 0.3) is 0 Å². The van der Waals surface area contributed by atoms with Crippen molar-refractivity contribution in [2.24, 2.45) is 0 Å². The second-order valence-electron chi connectivity index (χ2n) is 0.600. The molecule has 0 aromatic rings. The maximum atomic E-state index is 7.33. The van der Waals surface area contributed by atoms with E-state index in [4.69, 9.17) is 19.2 Å². The highest BCUT2D eigenvalue weighted by molar-refractivity contribution is 6.46. The van der Waals surface area contributed by atoms with Gasteiger partial charge in [0.05, 0.1) is 0 Å². The number of hydrogen-bond donors (Lipinski definition) is 4. The van der Waals surface area contributed by atoms with Crippen molar-refractivity contribution in [2.45, 2.75) is 0 Å². The zero-order valence-electron chi connectivity index (χ0n) is 2.29. The van der Waals surface area contributed by atoms with E-state index in [2.05, 4.69) is 0 Å². The summed E-state index contributed by atoms with van der Waals surface area (Å²) in [5.74, 6) is 0. The lowest BCUT2D eigenvalue weighted by Gasteiger charge is -1.91. The van der Waals surface area contributed by atoms with Crippen molar-refractivity contribution >= 4 is 43.1 Å². The number of rotatable bonds is 0. The van der Waals surface area contributed by atoms with E-state index in [1.807, 2.05) is 0 Å². The third-order valence-electron chi connectivity index (χ3n) is 0. The predicted octanol–water partition coefficient (Wildman–Crippen LogP) is -4.98. The predicted molar refractivity (Wildman–Crippen MR) is 34.5 cm³/mol. The Morgan fingerprint density at radius 2 is 0.857 bits per heavy atom. The van der Waals surface area contributed by atoms with Crippen molar-refractivity contribution in [3.8, 4) is 0 Å². The average molecular weight is 155 g/mol. The molecule has 44 valence electrons. The Hall–Kier alpha value is 1.04. The lowest BCUT2D eigenvalue weighted by Crippen LogP contribution is -2.33. The SMILES string of the molecule is O[Si](O)(O)O.[MgH2].[SiH4]. The summed E-state index contributed by atoms with van der Waals surface area (Å²) in [6.07, 6.45) is 0. The molecule has 0 bridgehead atoms. The fraction of sp³-hybridized carbons (Fsp3) is 0. The van der Waals surface area contributed by atoms with Gasteiger partial charge in [-0.1, -0.05) is 0 Å². The molecule has 4 nitrogen and oxygen atoms in total. The van der Waals surface area contributed by atoms with Crippen LogP contribution in [-0.4, -0.2) is 62.2 Å². The Morgan fingerprint density at radius 1 is 0.857 bits per heavy atom. The summed E-state index contributed by atoms with van der Waals surface area (Å²) in [5.41, 5.74) is 0. The molecule has 0 aromatic heterocycles. The van der Waals surface area contributed by atoms with Crippen molar-refractivity contribution < 1.29 is 19.2 Å². The zero-order chi connectivity index (χ0) is 4.50. The first kappa shape index (κ1) is 15.7. The molecule has 0 atom stereocenters. The highest BCUT2D eigenvalue weighted by Crippen LogP contribution is 1.67. The fourth-order valence-corrected chi connectivity index (χ4v) is 0. The number of hydrogen-bond acceptors (Lipinski definition) is 4. The molecule has 0 fully saturated rings. The molecule has 0 spiro atoms. The summed E-state index contributed by atoms with van der Waals surface area (Å²) in [6.45, 7) is 0. The standard InChI is InChI=1S/Mg.H4O4Si.H4Si.2H/c;1-5(2,3)4;;;/h;1-4H;1H4;;. The molecule has 0 aliphatic heterocycles. The van der Waals surface area contributed by atoms with Gasteiger partial charge in [0.15, 0.2) is 0 Å². The van der Waals surface area contributed by atoms with Gasteiger partial charge in [0.2, 0.25) is 0 Å². The van der Waals surface area contributed by atoms with Crippen molar-refractivity contribution in [3.05, 3.63) is 0 Å². The van der Waals surface area contributed by atoms with Crippen molar-refractivity contribution in [1.82, 2.24) is 0 Å². The summed E-state index contributed by atoms with van der Waals surface area (Å²) in [4.78, 5) is 29.3. The van der Waals surface area contributed by atoms with Gasteiger partial charge < -0.3 is 19.2 Å². The molecule has 7 heavy (non-hydrogen) atoms. The van der Waals surface area contributed by atoms with Crippen LogP contribution in [0.1, 0.15) is 0 Å². The summed E-state index contributed by atoms with van der Waals surface area (Å²) < 4.78 is 0. The van der Waals surface area contributed by atoms with E-state index in [9.17, 15) is 0 Å². The molecule has 0 amide bonds. The molecule has 7 heteroatoms. The Labute approximate surface area is 62.5 Å². The quantitative estimate of drug-likeness (QED) is 0.264. The second kappa shape index (κ2) is 5.18. The van der Waals surface area contributed by atoms with E-state index in [-0.39, 0.29) is 34.0 Å². The van der Waals surface area contributed by atoms with E-state index in [0.717, 1.165) is 0 Å². The van der Waals surface area contributed by atoms with Gasteiger partial charge in [-0.2, -0.15) is 0 Å². The van der Waals surface area contributed by atoms with Gasteiger partial charge in [0, 0.05) is 0 Å². The second-order valence-corrected chi connectivity index (χ2v) is 1.80. The van der Waals surface area contributed by atoms with E-state index in [1.165, 1.54) is 0 Å². The molecule has 0 saturated carbocycles. The molecular weight excluding hydrogens is 144 g/mol. The van der Waals surface area contributed by atoms with Crippen LogP contribution in [0.4, 0.5) is 0 Å². The lowest BCUT2D eigenvalue weighted by molar-refractivity contribution is 0.117. The molecular formula is H10MgO4Si2.